The Kier molecular flexibility index (Phi) is 4.68. The van der Waals surface area contributed by atoms with Gasteiger partial charge in [-0.1, -0.05) is 0 Å². The summed E-state index contributed by atoms with van der Waals surface area (Å²) in [6.07, 6.45) is 3.72. The number of carbonyl (C=O) groups excluding carboxylic acids is 1. The molecular formula is C13H20N4O2. The third-order valence-corrected chi connectivity index (χ3v) is 3.51. The lowest BCUT2D eigenvalue weighted by atomic mass is 9.87. The highest BCUT2D eigenvalue weighted by Gasteiger charge is 2.19. The fraction of sp³-hybridized carbons (Fsp3) is 0.615. The maximum absolute atomic E-state index is 11.3. The molecule has 1 aliphatic carbocycles. The molecule has 1 fully saturated rings. The molecule has 1 amide bonds. The van der Waals surface area contributed by atoms with E-state index in [1.54, 1.807) is 19.2 Å². The molecular weight excluding hydrogens is 244 g/mol. The molecule has 3 N–H and O–H groups in total. The maximum atomic E-state index is 11.3. The highest BCUT2D eigenvalue weighted by Crippen LogP contribution is 2.24. The van der Waals surface area contributed by atoms with Gasteiger partial charge in [0.1, 0.15) is 5.82 Å². The molecule has 19 heavy (non-hydrogen) atoms. The van der Waals surface area contributed by atoms with E-state index < -0.39 is 0 Å². The second kappa shape index (κ2) is 6.47. The van der Waals surface area contributed by atoms with Gasteiger partial charge in [0.2, 0.25) is 0 Å². The number of nitrogens with one attached hydrogen (secondary N) is 2. The lowest BCUT2D eigenvalue weighted by Crippen LogP contribution is -2.24. The average Bonchev–Trinajstić information content (AvgIpc) is 2.46. The first kappa shape index (κ1) is 13.7. The van der Waals surface area contributed by atoms with Crippen LogP contribution in [-0.4, -0.2) is 40.9 Å². The Morgan fingerprint density at radius 1 is 1.32 bits per heavy atom. The minimum Gasteiger partial charge on any atom is -0.393 e. The fourth-order valence-corrected chi connectivity index (χ4v) is 2.27. The van der Waals surface area contributed by atoms with Crippen LogP contribution in [-0.2, 0) is 0 Å². The van der Waals surface area contributed by atoms with E-state index in [1.165, 1.54) is 0 Å². The molecule has 0 bridgehead atoms. The van der Waals surface area contributed by atoms with E-state index in [9.17, 15) is 9.90 Å². The van der Waals surface area contributed by atoms with Crippen molar-refractivity contribution in [3.05, 3.63) is 17.8 Å². The van der Waals surface area contributed by atoms with E-state index in [4.69, 9.17) is 0 Å². The summed E-state index contributed by atoms with van der Waals surface area (Å²) in [5, 5.41) is 23.0. The van der Waals surface area contributed by atoms with Gasteiger partial charge in [0.25, 0.3) is 5.91 Å². The predicted octanol–water partition coefficient (Wildman–Crippen LogP) is 0.799. The molecule has 1 aromatic heterocycles. The zero-order chi connectivity index (χ0) is 13.7. The maximum Gasteiger partial charge on any atom is 0.271 e. The van der Waals surface area contributed by atoms with Crippen LogP contribution in [0.4, 0.5) is 5.82 Å². The monoisotopic (exact) mass is 264 g/mol. The zero-order valence-corrected chi connectivity index (χ0v) is 11.1. The van der Waals surface area contributed by atoms with Crippen LogP contribution in [0.5, 0.6) is 0 Å². The highest BCUT2D eigenvalue weighted by molar-refractivity contribution is 5.91. The lowest BCUT2D eigenvalue weighted by Gasteiger charge is -2.25. The van der Waals surface area contributed by atoms with Gasteiger partial charge < -0.3 is 15.7 Å². The molecule has 0 atom stereocenters. The number of hydrogen-bond donors (Lipinski definition) is 3. The summed E-state index contributed by atoms with van der Waals surface area (Å²) in [6.45, 7) is 0.834. The van der Waals surface area contributed by atoms with Crippen molar-refractivity contribution in [1.29, 1.82) is 0 Å². The summed E-state index contributed by atoms with van der Waals surface area (Å²) in [6, 6.07) is 3.41. The summed E-state index contributed by atoms with van der Waals surface area (Å²) in [5.41, 5.74) is 0.314. The second-order valence-corrected chi connectivity index (χ2v) is 4.94. The Morgan fingerprint density at radius 2 is 2.05 bits per heavy atom. The quantitative estimate of drug-likeness (QED) is 0.748. The number of amides is 1. The molecule has 0 saturated heterocycles. The highest BCUT2D eigenvalue weighted by atomic mass is 16.3. The molecule has 0 aromatic carbocycles. The number of aromatic nitrogens is 2. The number of rotatable bonds is 4. The van der Waals surface area contributed by atoms with Crippen LogP contribution in [0.2, 0.25) is 0 Å². The van der Waals surface area contributed by atoms with Crippen LogP contribution in [0.1, 0.15) is 36.2 Å². The molecule has 0 unspecified atom stereocenters. The van der Waals surface area contributed by atoms with Crippen molar-refractivity contribution >= 4 is 11.7 Å². The van der Waals surface area contributed by atoms with Gasteiger partial charge in [-0.3, -0.25) is 4.79 Å². The van der Waals surface area contributed by atoms with E-state index >= 15 is 0 Å². The number of aliphatic hydroxyl groups is 1. The first-order valence-electron chi connectivity index (χ1n) is 6.67. The summed E-state index contributed by atoms with van der Waals surface area (Å²) < 4.78 is 0. The Bertz CT molecular complexity index is 413. The Balaban J connectivity index is 1.81. The molecule has 1 aromatic rings. The van der Waals surface area contributed by atoms with E-state index in [0.717, 1.165) is 32.2 Å². The van der Waals surface area contributed by atoms with Gasteiger partial charge in [0, 0.05) is 13.6 Å². The molecule has 1 heterocycles. The molecule has 1 saturated carbocycles. The summed E-state index contributed by atoms with van der Waals surface area (Å²) in [5.74, 6) is 1.02. The van der Waals surface area contributed by atoms with Crippen molar-refractivity contribution in [2.24, 2.45) is 5.92 Å². The van der Waals surface area contributed by atoms with Gasteiger partial charge in [0.05, 0.1) is 6.10 Å². The number of carbonyl (C=O) groups is 1. The molecule has 6 heteroatoms. The summed E-state index contributed by atoms with van der Waals surface area (Å²) in [7, 11) is 1.56. The van der Waals surface area contributed by atoms with Crippen molar-refractivity contribution in [2.45, 2.75) is 31.8 Å². The number of hydrogen-bond acceptors (Lipinski definition) is 5. The molecule has 0 radical (unpaired) electrons. The number of anilines is 1. The van der Waals surface area contributed by atoms with E-state index in [-0.39, 0.29) is 12.0 Å². The zero-order valence-electron chi connectivity index (χ0n) is 11.1. The minimum absolute atomic E-state index is 0.122. The largest absolute Gasteiger partial charge is 0.393 e. The van der Waals surface area contributed by atoms with Crippen LogP contribution in [0.15, 0.2) is 12.1 Å². The summed E-state index contributed by atoms with van der Waals surface area (Å²) >= 11 is 0. The van der Waals surface area contributed by atoms with E-state index in [1.807, 2.05) is 0 Å². The first-order valence-corrected chi connectivity index (χ1v) is 6.67. The molecule has 1 aliphatic rings. The Morgan fingerprint density at radius 3 is 2.63 bits per heavy atom. The molecule has 6 nitrogen and oxygen atoms in total. The van der Waals surface area contributed by atoms with E-state index in [2.05, 4.69) is 20.8 Å². The average molecular weight is 264 g/mol. The van der Waals surface area contributed by atoms with Crippen molar-refractivity contribution < 1.29 is 9.90 Å². The molecule has 104 valence electrons. The normalized spacial score (nSPS) is 22.8. The van der Waals surface area contributed by atoms with Crippen molar-refractivity contribution in [3.8, 4) is 0 Å². The van der Waals surface area contributed by atoms with Gasteiger partial charge in [-0.05, 0) is 43.7 Å². The van der Waals surface area contributed by atoms with Gasteiger partial charge in [-0.15, -0.1) is 10.2 Å². The van der Waals surface area contributed by atoms with Crippen LogP contribution >= 0.6 is 0 Å². The van der Waals surface area contributed by atoms with Crippen LogP contribution in [0.3, 0.4) is 0 Å². The summed E-state index contributed by atoms with van der Waals surface area (Å²) in [4.78, 5) is 11.3. The Hall–Kier alpha value is -1.69. The van der Waals surface area contributed by atoms with Crippen LogP contribution in [0, 0.1) is 5.92 Å². The smallest absolute Gasteiger partial charge is 0.271 e. The Labute approximate surface area is 112 Å². The van der Waals surface area contributed by atoms with Gasteiger partial charge in [-0.25, -0.2) is 0 Å². The third-order valence-electron chi connectivity index (χ3n) is 3.51. The second-order valence-electron chi connectivity index (χ2n) is 4.94. The van der Waals surface area contributed by atoms with Gasteiger partial charge in [0.15, 0.2) is 5.69 Å². The standard InChI is InChI=1S/C13H20N4O2/c1-14-13(19)11-6-7-12(17-16-11)15-8-9-2-4-10(18)5-3-9/h6-7,9-10,18H,2-5,8H2,1H3,(H,14,19)(H,15,17). The van der Waals surface area contributed by atoms with Gasteiger partial charge >= 0.3 is 0 Å². The fourth-order valence-electron chi connectivity index (χ4n) is 2.27. The number of nitrogens with zero attached hydrogens (tertiary/aromatic N) is 2. The minimum atomic E-state index is -0.236. The lowest BCUT2D eigenvalue weighted by molar-refractivity contribution is 0.0957. The molecule has 2 rings (SSSR count). The van der Waals surface area contributed by atoms with Crippen molar-refractivity contribution in [2.75, 3.05) is 18.9 Å². The number of aliphatic hydroxyl groups excluding tert-OH is 1. The predicted molar refractivity (Wildman–Crippen MR) is 71.9 cm³/mol. The molecule has 0 spiro atoms. The van der Waals surface area contributed by atoms with Crippen molar-refractivity contribution in [1.82, 2.24) is 15.5 Å². The topological polar surface area (TPSA) is 87.1 Å². The SMILES string of the molecule is CNC(=O)c1ccc(NCC2CCC(O)CC2)nn1. The van der Waals surface area contributed by atoms with Crippen LogP contribution in [0.25, 0.3) is 0 Å². The van der Waals surface area contributed by atoms with E-state index in [0.29, 0.717) is 17.4 Å². The van der Waals surface area contributed by atoms with Gasteiger partial charge in [-0.2, -0.15) is 0 Å². The molecule has 0 aliphatic heterocycles. The third kappa shape index (κ3) is 3.89. The van der Waals surface area contributed by atoms with Crippen molar-refractivity contribution in [3.63, 3.8) is 0 Å². The first-order chi connectivity index (χ1) is 9.19. The van der Waals surface area contributed by atoms with Crippen LogP contribution < -0.4 is 10.6 Å².